The van der Waals surface area contributed by atoms with E-state index in [4.69, 9.17) is 0 Å². The number of nitrogens with one attached hydrogen (secondary N) is 1. The van der Waals surface area contributed by atoms with Crippen LogP contribution in [0.1, 0.15) is 46.2 Å². The third kappa shape index (κ3) is 4.11. The number of Topliss-reactive ketones (excluding diaryl/α,β-unsaturated/α-hetero) is 1. The fraction of sp³-hybridized carbons (Fsp3) is 0.304. The second kappa shape index (κ2) is 8.73. The number of benzene rings is 2. The van der Waals surface area contributed by atoms with Gasteiger partial charge in [-0.25, -0.2) is 0 Å². The Morgan fingerprint density at radius 3 is 2.48 bits per heavy atom. The average Bonchev–Trinajstić information content (AvgIpc) is 2.71. The molecule has 0 radical (unpaired) electrons. The molecule has 6 nitrogen and oxygen atoms in total. The van der Waals surface area contributed by atoms with Crippen molar-refractivity contribution < 1.29 is 50.0 Å². The zero-order valence-electron chi connectivity index (χ0n) is 19.2. The Bertz CT molecular complexity index is 1100. The number of carbonyl (C=O) groups is 1. The maximum Gasteiger partial charge on any atom is 1.00 e. The Labute approximate surface area is 207 Å². The summed E-state index contributed by atoms with van der Waals surface area (Å²) in [6.45, 7) is 6.10. The minimum atomic E-state index is -3.50. The van der Waals surface area contributed by atoms with E-state index in [2.05, 4.69) is 23.6 Å². The molecule has 0 fully saturated rings. The summed E-state index contributed by atoms with van der Waals surface area (Å²) in [6.07, 6.45) is 1.44. The zero-order chi connectivity index (χ0) is 21.7. The number of ketones is 1. The summed E-state index contributed by atoms with van der Waals surface area (Å²) in [5, 5.41) is 14.1. The van der Waals surface area contributed by atoms with E-state index in [0.717, 1.165) is 12.0 Å². The number of nitrogens with zero attached hydrogens (tertiary/aromatic N) is 1. The molecule has 4 N–H and O–H groups in total. The van der Waals surface area contributed by atoms with E-state index in [-0.39, 0.29) is 58.8 Å². The van der Waals surface area contributed by atoms with Crippen LogP contribution in [0.4, 0.5) is 5.69 Å². The van der Waals surface area contributed by atoms with Gasteiger partial charge in [0.15, 0.2) is 11.6 Å². The maximum absolute atomic E-state index is 13.8. The maximum atomic E-state index is 13.8. The van der Waals surface area contributed by atoms with Crippen LogP contribution in [0.5, 0.6) is 0 Å². The van der Waals surface area contributed by atoms with Gasteiger partial charge in [-0.05, 0) is 43.4 Å². The third-order valence-electron chi connectivity index (χ3n) is 5.85. The van der Waals surface area contributed by atoms with Crippen LogP contribution in [0, 0.1) is 5.92 Å². The van der Waals surface area contributed by atoms with E-state index in [9.17, 15) is 19.0 Å². The number of amidine groups is 1. The van der Waals surface area contributed by atoms with Gasteiger partial charge in [0.25, 0.3) is 0 Å². The van der Waals surface area contributed by atoms with Gasteiger partial charge in [0, 0.05) is 5.56 Å². The molecule has 2 aromatic rings. The second-order valence-corrected chi connectivity index (χ2v) is 10.1. The van der Waals surface area contributed by atoms with Crippen molar-refractivity contribution >= 4 is 33.8 Å². The standard InChI is InChI=1S/C23H26N2O4S.Na.H/c1-14(2)12-13-23(3)16-9-5-4-8-15(16)20(26)19(21(23)27)22-24-17-10-6-7-11-18(17)30(28,29)25-22;;/h4-11,14,26,28-29H,12-13H2,1-3H3,(H,24,25);;/q;+1;-1. The predicted octanol–water partition coefficient (Wildman–Crippen LogP) is 2.90. The largest absolute Gasteiger partial charge is 1.00 e. The molecule has 0 saturated heterocycles. The van der Waals surface area contributed by atoms with Crippen molar-refractivity contribution in [3.63, 3.8) is 0 Å². The smallest absolute Gasteiger partial charge is 1.00 e. The summed E-state index contributed by atoms with van der Waals surface area (Å²) in [4.78, 5) is 14.0. The SMILES string of the molecule is CC(C)CCC1(C)C(=O)C(C2=NS(O)(O)c3ccccc3N2)=C(O)c2ccccc21.[H-].[Na+]. The number of hydrogen-bond acceptors (Lipinski definition) is 6. The first-order valence-electron chi connectivity index (χ1n) is 9.97. The van der Waals surface area contributed by atoms with Gasteiger partial charge in [-0.3, -0.25) is 13.9 Å². The van der Waals surface area contributed by atoms with Crippen LogP contribution < -0.4 is 34.9 Å². The molecule has 1 atom stereocenters. The van der Waals surface area contributed by atoms with Crippen LogP contribution >= 0.6 is 10.8 Å². The first-order valence-corrected chi connectivity index (χ1v) is 11.5. The quantitative estimate of drug-likeness (QED) is 0.537. The van der Waals surface area contributed by atoms with Gasteiger partial charge in [0.05, 0.1) is 11.1 Å². The molecule has 1 unspecified atom stereocenters. The molecule has 0 aromatic heterocycles. The molecular formula is C23H27N2NaO4S. The van der Waals surface area contributed by atoms with Crippen LogP contribution in [-0.4, -0.2) is 25.8 Å². The Kier molecular flexibility index (Phi) is 6.77. The Morgan fingerprint density at radius 2 is 1.77 bits per heavy atom. The van der Waals surface area contributed by atoms with Crippen LogP contribution in [0.15, 0.2) is 63.4 Å². The monoisotopic (exact) mass is 450 g/mol. The van der Waals surface area contributed by atoms with Crippen molar-refractivity contribution in [3.05, 3.63) is 65.2 Å². The number of anilines is 1. The van der Waals surface area contributed by atoms with Crippen LogP contribution in [0.3, 0.4) is 0 Å². The zero-order valence-corrected chi connectivity index (χ0v) is 21.0. The van der Waals surface area contributed by atoms with Crippen molar-refractivity contribution in [1.82, 2.24) is 0 Å². The molecule has 1 aliphatic carbocycles. The Morgan fingerprint density at radius 1 is 1.13 bits per heavy atom. The summed E-state index contributed by atoms with van der Waals surface area (Å²) >= 11 is 0. The number of aliphatic hydroxyl groups is 1. The van der Waals surface area contributed by atoms with Crippen LogP contribution in [-0.2, 0) is 10.2 Å². The number of carbonyl (C=O) groups excluding carboxylic acids is 1. The summed E-state index contributed by atoms with van der Waals surface area (Å²) in [5.41, 5.74) is 0.943. The van der Waals surface area contributed by atoms with Crippen molar-refractivity contribution in [2.24, 2.45) is 10.3 Å². The van der Waals surface area contributed by atoms with Crippen molar-refractivity contribution in [2.75, 3.05) is 5.32 Å². The van der Waals surface area contributed by atoms with E-state index >= 15 is 0 Å². The molecular weight excluding hydrogens is 423 g/mol. The summed E-state index contributed by atoms with van der Waals surface area (Å²) < 4.78 is 25.3. The Hall–Kier alpha value is -1.61. The van der Waals surface area contributed by atoms with Gasteiger partial charge < -0.3 is 11.8 Å². The molecule has 1 heterocycles. The molecule has 0 spiro atoms. The first-order chi connectivity index (χ1) is 14.1. The second-order valence-electron chi connectivity index (χ2n) is 8.44. The van der Waals surface area contributed by atoms with Crippen LogP contribution in [0.2, 0.25) is 0 Å². The third-order valence-corrected chi connectivity index (χ3v) is 7.24. The molecule has 1 aliphatic heterocycles. The molecule has 2 aromatic carbocycles. The van der Waals surface area contributed by atoms with Gasteiger partial charge in [-0.15, -0.1) is 4.40 Å². The van der Waals surface area contributed by atoms with E-state index in [0.29, 0.717) is 23.6 Å². The van der Waals surface area contributed by atoms with Gasteiger partial charge >= 0.3 is 29.6 Å². The molecule has 2 aliphatic rings. The van der Waals surface area contributed by atoms with Gasteiger partial charge in [0.2, 0.25) is 0 Å². The van der Waals surface area contributed by atoms with E-state index < -0.39 is 16.2 Å². The number of fused-ring (bicyclic) bond motifs is 2. The van der Waals surface area contributed by atoms with Crippen molar-refractivity contribution in [1.29, 1.82) is 0 Å². The van der Waals surface area contributed by atoms with Crippen LogP contribution in [0.25, 0.3) is 5.76 Å². The number of aliphatic hydroxyl groups excluding tert-OH is 1. The van der Waals surface area contributed by atoms with E-state index in [1.165, 1.54) is 0 Å². The normalized spacial score (nSPS) is 22.6. The number of para-hydroxylation sites is 1. The minimum absolute atomic E-state index is 0. The molecule has 8 heteroatoms. The molecule has 31 heavy (non-hydrogen) atoms. The summed E-state index contributed by atoms with van der Waals surface area (Å²) in [6, 6.07) is 14.0. The summed E-state index contributed by atoms with van der Waals surface area (Å²) in [7, 11) is -3.50. The van der Waals surface area contributed by atoms with Gasteiger partial charge in [0.1, 0.15) is 16.2 Å². The molecule has 160 valence electrons. The predicted molar refractivity (Wildman–Crippen MR) is 122 cm³/mol. The molecule has 0 saturated carbocycles. The fourth-order valence-electron chi connectivity index (χ4n) is 4.10. The van der Waals surface area contributed by atoms with E-state index in [1.54, 1.807) is 30.3 Å². The first kappa shape index (κ1) is 24.0. The molecule has 0 amide bonds. The van der Waals surface area contributed by atoms with Gasteiger partial charge in [-0.2, -0.15) is 0 Å². The minimum Gasteiger partial charge on any atom is -1.00 e. The van der Waals surface area contributed by atoms with Crippen molar-refractivity contribution in [2.45, 2.75) is 43.9 Å². The number of rotatable bonds is 4. The fourth-order valence-corrected chi connectivity index (χ4v) is 5.27. The number of hydrogen-bond donors (Lipinski definition) is 4. The topological polar surface area (TPSA) is 102 Å². The van der Waals surface area contributed by atoms with Crippen molar-refractivity contribution in [3.8, 4) is 0 Å². The average molecular weight is 451 g/mol. The van der Waals surface area contributed by atoms with Gasteiger partial charge in [-0.1, -0.05) is 61.0 Å². The summed E-state index contributed by atoms with van der Waals surface area (Å²) in [5.74, 6) is -0.0751. The molecule has 4 rings (SSSR count). The van der Waals surface area contributed by atoms with E-state index in [1.807, 2.05) is 25.1 Å². The molecule has 0 bridgehead atoms. The Balaban J connectivity index is 0.00000181.